The Morgan fingerprint density at radius 1 is 1.14 bits per heavy atom. The molecule has 1 aromatic heterocycles. The molecular weight excluding hydrogens is 544 g/mol. The van der Waals surface area contributed by atoms with Gasteiger partial charge in [-0.2, -0.15) is 0 Å². The van der Waals surface area contributed by atoms with Crippen LogP contribution in [0, 0.1) is 17.6 Å². The van der Waals surface area contributed by atoms with Gasteiger partial charge in [-0.1, -0.05) is 11.6 Å². The Morgan fingerprint density at radius 3 is 2.59 bits per heavy atom. The molecular formula is C26H24ClF2NO5S2. The van der Waals surface area contributed by atoms with Crippen LogP contribution in [0.1, 0.15) is 18.4 Å². The fourth-order valence-corrected chi connectivity index (χ4v) is 8.55. The number of sulfone groups is 1. The lowest BCUT2D eigenvalue weighted by molar-refractivity contribution is -0.0731. The third-order valence-corrected chi connectivity index (χ3v) is 10.8. The molecule has 0 aliphatic carbocycles. The van der Waals surface area contributed by atoms with Gasteiger partial charge in [0, 0.05) is 40.5 Å². The molecule has 11 heteroatoms. The van der Waals surface area contributed by atoms with Gasteiger partial charge in [0.2, 0.25) is 5.88 Å². The topological polar surface area (TPSA) is 74.7 Å². The molecule has 1 fully saturated rings. The average molecular weight is 568 g/mol. The summed E-state index contributed by atoms with van der Waals surface area (Å²) < 4.78 is 73.9. The Morgan fingerprint density at radius 2 is 1.89 bits per heavy atom. The second-order valence-corrected chi connectivity index (χ2v) is 12.6. The van der Waals surface area contributed by atoms with E-state index in [9.17, 15) is 12.8 Å². The smallest absolute Gasteiger partial charge is 0.212 e. The molecule has 0 saturated carbocycles. The molecule has 5 rings (SSSR count). The van der Waals surface area contributed by atoms with Crippen molar-refractivity contribution in [1.82, 2.24) is 4.98 Å². The highest BCUT2D eigenvalue weighted by molar-refractivity contribution is 7.99. The van der Waals surface area contributed by atoms with Crippen molar-refractivity contribution in [2.24, 2.45) is 5.92 Å². The summed E-state index contributed by atoms with van der Waals surface area (Å²) in [5, 5.41) is 0.368. The van der Waals surface area contributed by atoms with Gasteiger partial charge in [0.1, 0.15) is 10.6 Å². The zero-order chi connectivity index (χ0) is 26.2. The number of ether oxygens (including phenoxy) is 3. The van der Waals surface area contributed by atoms with Gasteiger partial charge in [0.15, 0.2) is 21.4 Å². The van der Waals surface area contributed by atoms with Crippen LogP contribution in [0.3, 0.4) is 0 Å². The van der Waals surface area contributed by atoms with Gasteiger partial charge in [-0.3, -0.25) is 0 Å². The number of benzene rings is 2. The molecule has 37 heavy (non-hydrogen) atoms. The molecule has 1 saturated heterocycles. The third kappa shape index (κ3) is 4.58. The van der Waals surface area contributed by atoms with E-state index in [0.717, 1.165) is 17.0 Å². The predicted molar refractivity (Wildman–Crippen MR) is 136 cm³/mol. The molecule has 0 unspecified atom stereocenters. The van der Waals surface area contributed by atoms with Crippen LogP contribution < -0.4 is 9.47 Å². The van der Waals surface area contributed by atoms with E-state index in [1.54, 1.807) is 19.4 Å². The molecule has 0 amide bonds. The molecule has 3 atom stereocenters. The summed E-state index contributed by atoms with van der Waals surface area (Å²) in [6, 6.07) is 11.3. The predicted octanol–water partition coefficient (Wildman–Crippen LogP) is 5.67. The number of pyridine rings is 1. The van der Waals surface area contributed by atoms with E-state index >= 15 is 4.39 Å². The number of methoxy groups -OCH3 is 1. The first-order chi connectivity index (χ1) is 17.8. The highest BCUT2D eigenvalue weighted by Gasteiger charge is 2.61. The number of thioether (sulfide) groups is 1. The molecule has 2 aliphatic heterocycles. The molecule has 0 N–H and O–H groups in total. The van der Waals surface area contributed by atoms with Crippen LogP contribution in [0.25, 0.3) is 0 Å². The van der Waals surface area contributed by atoms with Crippen LogP contribution >= 0.6 is 23.4 Å². The average Bonchev–Trinajstić information content (AvgIpc) is 2.91. The zero-order valence-electron chi connectivity index (χ0n) is 19.8. The molecule has 2 aliphatic rings. The minimum atomic E-state index is -4.23. The zero-order valence-corrected chi connectivity index (χ0v) is 22.2. The van der Waals surface area contributed by atoms with E-state index < -0.39 is 38.2 Å². The molecule has 0 radical (unpaired) electrons. The van der Waals surface area contributed by atoms with E-state index in [0.29, 0.717) is 23.1 Å². The van der Waals surface area contributed by atoms with Gasteiger partial charge in [-0.15, -0.1) is 11.8 Å². The number of hydrogen-bond donors (Lipinski definition) is 0. The third-order valence-electron chi connectivity index (χ3n) is 6.94. The van der Waals surface area contributed by atoms with E-state index in [2.05, 4.69) is 4.98 Å². The van der Waals surface area contributed by atoms with Gasteiger partial charge >= 0.3 is 0 Å². The first kappa shape index (κ1) is 26.2. The summed E-state index contributed by atoms with van der Waals surface area (Å²) in [7, 11) is -2.69. The minimum Gasteiger partial charge on any atom is -0.490 e. The summed E-state index contributed by atoms with van der Waals surface area (Å²) in [5.74, 6) is -1.65. The van der Waals surface area contributed by atoms with Crippen molar-refractivity contribution in [3.63, 3.8) is 0 Å². The van der Waals surface area contributed by atoms with E-state index in [1.807, 2.05) is 6.07 Å². The summed E-state index contributed by atoms with van der Waals surface area (Å²) in [6.07, 6.45) is 1.56. The standard InChI is InChI=1S/C26H24ClF2NO5S2/c1-33-23-9-4-17(14-30-23)36-13-10-22-19-15-35-25-21(29)8-7-20(28)24(25)26(19,11-12-34-22)37(31,32)18-5-2-16(27)3-6-18/h2-9,14,19,22H,10-13,15H2,1H3/t19-,22-,26-/m0/s1. The molecule has 0 bridgehead atoms. The molecule has 2 aromatic carbocycles. The number of aromatic nitrogens is 1. The van der Waals surface area contributed by atoms with Crippen LogP contribution in [0.4, 0.5) is 8.78 Å². The number of hydrogen-bond acceptors (Lipinski definition) is 7. The summed E-state index contributed by atoms with van der Waals surface area (Å²) >= 11 is 7.53. The molecule has 0 spiro atoms. The Kier molecular flexibility index (Phi) is 7.37. The maximum Gasteiger partial charge on any atom is 0.212 e. The number of halogens is 3. The summed E-state index contributed by atoms with van der Waals surface area (Å²) in [5.41, 5.74) is -0.265. The maximum absolute atomic E-state index is 15.4. The van der Waals surface area contributed by atoms with Gasteiger partial charge in [0.05, 0.1) is 30.3 Å². The van der Waals surface area contributed by atoms with Crippen molar-refractivity contribution >= 4 is 33.2 Å². The monoisotopic (exact) mass is 567 g/mol. The van der Waals surface area contributed by atoms with Crippen LogP contribution in [0.5, 0.6) is 11.6 Å². The first-order valence-electron chi connectivity index (χ1n) is 11.6. The Balaban J connectivity index is 1.53. The highest BCUT2D eigenvalue weighted by Crippen LogP contribution is 2.56. The van der Waals surface area contributed by atoms with Gasteiger partial charge in [-0.05, 0) is 55.3 Å². The Bertz CT molecular complexity index is 1390. The number of nitrogens with zero attached hydrogens (tertiary/aromatic N) is 1. The van der Waals surface area contributed by atoms with Crippen LogP contribution in [-0.4, -0.2) is 45.6 Å². The Labute approximate surface area is 223 Å². The summed E-state index contributed by atoms with van der Waals surface area (Å²) in [6.45, 7) is -0.0578. The van der Waals surface area contributed by atoms with Crippen molar-refractivity contribution in [1.29, 1.82) is 0 Å². The molecule has 3 heterocycles. The lowest BCUT2D eigenvalue weighted by atomic mass is 9.75. The SMILES string of the molecule is COc1ccc(SCC[C@@H]2OCC[C@@]3(S(=O)(=O)c4ccc(Cl)cc4)c4c(F)ccc(F)c4OC[C@@H]23)cn1. The van der Waals surface area contributed by atoms with Crippen LogP contribution in [-0.2, 0) is 19.3 Å². The highest BCUT2D eigenvalue weighted by atomic mass is 35.5. The molecule has 196 valence electrons. The molecule has 6 nitrogen and oxygen atoms in total. The van der Waals surface area contributed by atoms with Crippen molar-refractivity contribution in [3.8, 4) is 11.6 Å². The second kappa shape index (κ2) is 10.4. The second-order valence-electron chi connectivity index (χ2n) is 8.83. The van der Waals surface area contributed by atoms with Crippen molar-refractivity contribution in [2.45, 2.75) is 33.5 Å². The largest absolute Gasteiger partial charge is 0.490 e. The van der Waals surface area contributed by atoms with Gasteiger partial charge < -0.3 is 14.2 Å². The fraction of sp³-hybridized carbons (Fsp3) is 0.346. The summed E-state index contributed by atoms with van der Waals surface area (Å²) in [4.78, 5) is 5.09. The van der Waals surface area contributed by atoms with Crippen LogP contribution in [0.2, 0.25) is 5.02 Å². The van der Waals surface area contributed by atoms with Crippen LogP contribution in [0.15, 0.2) is 64.5 Å². The van der Waals surface area contributed by atoms with Crippen molar-refractivity contribution in [2.75, 3.05) is 26.1 Å². The lowest BCUT2D eigenvalue weighted by Crippen LogP contribution is -2.57. The lowest BCUT2D eigenvalue weighted by Gasteiger charge is -2.50. The number of rotatable bonds is 7. The fourth-order valence-electron chi connectivity index (χ4n) is 5.20. The van der Waals surface area contributed by atoms with E-state index in [4.69, 9.17) is 25.8 Å². The normalized spacial score (nSPS) is 23.0. The maximum atomic E-state index is 15.4. The van der Waals surface area contributed by atoms with E-state index in [1.165, 1.54) is 36.0 Å². The van der Waals surface area contributed by atoms with Gasteiger partial charge in [0.25, 0.3) is 0 Å². The van der Waals surface area contributed by atoms with Crippen molar-refractivity contribution < 1.29 is 31.4 Å². The van der Waals surface area contributed by atoms with Crippen molar-refractivity contribution in [3.05, 3.63) is 76.9 Å². The number of fused-ring (bicyclic) bond motifs is 3. The molecule has 3 aromatic rings. The first-order valence-corrected chi connectivity index (χ1v) is 14.5. The quantitative estimate of drug-likeness (QED) is 0.340. The Hall–Kier alpha value is -2.40. The minimum absolute atomic E-state index is 0.0160. The van der Waals surface area contributed by atoms with E-state index in [-0.39, 0.29) is 35.8 Å². The van der Waals surface area contributed by atoms with Gasteiger partial charge in [-0.25, -0.2) is 22.2 Å².